The average Bonchev–Trinajstić information content (AvgIpc) is 3.07. The number of hydrogen-bond donors (Lipinski definition) is 0. The molecule has 0 fully saturated rings. The van der Waals surface area contributed by atoms with Crippen LogP contribution < -0.4 is 4.74 Å². The molecule has 0 atom stereocenters. The summed E-state index contributed by atoms with van der Waals surface area (Å²) in [6.45, 7) is 3.67. The van der Waals surface area contributed by atoms with E-state index >= 15 is 0 Å². The van der Waals surface area contributed by atoms with E-state index in [0.29, 0.717) is 22.8 Å². The van der Waals surface area contributed by atoms with Crippen molar-refractivity contribution in [1.82, 2.24) is 4.98 Å². The summed E-state index contributed by atoms with van der Waals surface area (Å²) in [5.74, 6) is 1.35. The predicted molar refractivity (Wildman–Crippen MR) is 102 cm³/mol. The lowest BCUT2D eigenvalue weighted by Gasteiger charge is -2.07. The van der Waals surface area contributed by atoms with Crippen molar-refractivity contribution in [1.29, 1.82) is 0 Å². The lowest BCUT2D eigenvalue weighted by Crippen LogP contribution is -2.04. The first kappa shape index (κ1) is 20.4. The van der Waals surface area contributed by atoms with Crippen LogP contribution in [-0.2, 0) is 17.6 Å². The summed E-state index contributed by atoms with van der Waals surface area (Å²) in [6, 6.07) is 11.9. The van der Waals surface area contributed by atoms with Crippen molar-refractivity contribution in [3.05, 3.63) is 77.2 Å². The number of allylic oxidation sites excluding steroid dienone is 2. The molecule has 0 aliphatic rings. The van der Waals surface area contributed by atoms with Crippen LogP contribution in [0, 0.1) is 6.92 Å². The Labute approximate surface area is 165 Å². The Bertz CT molecular complexity index is 1030. The van der Waals surface area contributed by atoms with Crippen LogP contribution in [0.5, 0.6) is 5.75 Å². The second-order valence-electron chi connectivity index (χ2n) is 6.40. The van der Waals surface area contributed by atoms with E-state index in [4.69, 9.17) is 9.15 Å². The van der Waals surface area contributed by atoms with E-state index in [0.717, 1.165) is 29.6 Å². The number of nitrogens with zero attached hydrogens (tertiary/aromatic N) is 1. The highest BCUT2D eigenvalue weighted by atomic mass is 19.4. The van der Waals surface area contributed by atoms with Crippen LogP contribution >= 0.6 is 0 Å². The molecule has 0 bridgehead atoms. The Morgan fingerprint density at radius 2 is 1.90 bits per heavy atom. The van der Waals surface area contributed by atoms with Gasteiger partial charge in [-0.1, -0.05) is 12.1 Å². The monoisotopic (exact) mass is 401 g/mol. The first-order valence-electron chi connectivity index (χ1n) is 8.77. The molecule has 4 nitrogen and oxygen atoms in total. The lowest BCUT2D eigenvalue weighted by molar-refractivity contribution is -0.137. The summed E-state index contributed by atoms with van der Waals surface area (Å²) < 4.78 is 49.4. The predicted octanol–water partition coefficient (Wildman–Crippen LogP) is 5.85. The largest absolute Gasteiger partial charge is 0.487 e. The number of alkyl halides is 3. The summed E-state index contributed by atoms with van der Waals surface area (Å²) in [7, 11) is 0. The highest BCUT2D eigenvalue weighted by Crippen LogP contribution is 2.31. The highest BCUT2D eigenvalue weighted by molar-refractivity contribution is 5.80. The van der Waals surface area contributed by atoms with Crippen LogP contribution in [0.4, 0.5) is 13.2 Å². The third-order valence-electron chi connectivity index (χ3n) is 4.33. The van der Waals surface area contributed by atoms with E-state index in [1.165, 1.54) is 18.2 Å². The second kappa shape index (κ2) is 8.34. The van der Waals surface area contributed by atoms with Crippen LogP contribution in [0.3, 0.4) is 0 Å². The quantitative estimate of drug-likeness (QED) is 0.384. The van der Waals surface area contributed by atoms with Crippen LogP contribution in [0.25, 0.3) is 17.0 Å². The Kier molecular flexibility index (Phi) is 5.87. The third-order valence-corrected chi connectivity index (χ3v) is 4.33. The van der Waals surface area contributed by atoms with Gasteiger partial charge in [-0.05, 0) is 67.5 Å². The first-order valence-corrected chi connectivity index (χ1v) is 8.77. The van der Waals surface area contributed by atoms with Crippen molar-refractivity contribution >= 4 is 11.9 Å². The van der Waals surface area contributed by atoms with Gasteiger partial charge in [0.25, 0.3) is 0 Å². The fourth-order valence-electron chi connectivity index (χ4n) is 2.67. The molecule has 7 heteroatoms. The van der Waals surface area contributed by atoms with Crippen molar-refractivity contribution in [3.8, 4) is 17.2 Å². The maximum atomic E-state index is 12.7. The van der Waals surface area contributed by atoms with Crippen molar-refractivity contribution < 1.29 is 27.1 Å². The number of aryl methyl sites for hydroxylation is 1. The van der Waals surface area contributed by atoms with Gasteiger partial charge in [0.05, 0.1) is 5.56 Å². The van der Waals surface area contributed by atoms with Gasteiger partial charge in [-0.25, -0.2) is 4.98 Å². The maximum Gasteiger partial charge on any atom is 0.416 e. The zero-order valence-electron chi connectivity index (χ0n) is 15.8. The first-order chi connectivity index (χ1) is 13.8. The van der Waals surface area contributed by atoms with E-state index < -0.39 is 11.7 Å². The lowest BCUT2D eigenvalue weighted by atomic mass is 10.1. The Balaban J connectivity index is 1.74. The molecule has 3 rings (SSSR count). The zero-order valence-corrected chi connectivity index (χ0v) is 15.8. The minimum atomic E-state index is -4.39. The van der Waals surface area contributed by atoms with Crippen molar-refractivity contribution in [2.24, 2.45) is 0 Å². The van der Waals surface area contributed by atoms with Crippen molar-refractivity contribution in [2.75, 3.05) is 0 Å². The van der Waals surface area contributed by atoms with Gasteiger partial charge < -0.3 is 9.15 Å². The average molecular weight is 401 g/mol. The van der Waals surface area contributed by atoms with Gasteiger partial charge in [0.15, 0.2) is 0 Å². The third kappa shape index (κ3) is 4.93. The summed E-state index contributed by atoms with van der Waals surface area (Å²) >= 11 is 0. The molecular formula is C22H18F3NO3. The normalized spacial score (nSPS) is 12.1. The van der Waals surface area contributed by atoms with E-state index in [2.05, 4.69) is 4.98 Å². The molecule has 0 N–H and O–H groups in total. The fourth-order valence-corrected chi connectivity index (χ4v) is 2.67. The number of oxazole rings is 1. The summed E-state index contributed by atoms with van der Waals surface area (Å²) in [6.07, 6.45) is -2.19. The molecule has 0 aliphatic heterocycles. The van der Waals surface area contributed by atoms with E-state index in [1.54, 1.807) is 13.0 Å². The molecule has 0 unspecified atom stereocenters. The molecule has 0 amide bonds. The standard InChI is InChI=1S/C22H18F3NO3/c1-14(10-11-27)17-4-3-5-19(12-17)28-13-20-15(2)29-21(26-20)16-6-8-18(9-7-16)22(23,24)25/h3-12H,13H2,1-2H3/b14-10+. The highest BCUT2D eigenvalue weighted by Gasteiger charge is 2.30. The van der Waals surface area contributed by atoms with Crippen LogP contribution in [0.15, 0.2) is 59.0 Å². The van der Waals surface area contributed by atoms with Gasteiger partial charge in [-0.3, -0.25) is 4.79 Å². The minimum absolute atomic E-state index is 0.135. The second-order valence-corrected chi connectivity index (χ2v) is 6.40. The van der Waals surface area contributed by atoms with Crippen LogP contribution in [0.2, 0.25) is 0 Å². The number of halogens is 3. The molecule has 0 spiro atoms. The summed E-state index contributed by atoms with van der Waals surface area (Å²) in [5.41, 5.74) is 1.94. The van der Waals surface area contributed by atoms with Gasteiger partial charge in [0, 0.05) is 5.56 Å². The number of hydrogen-bond acceptors (Lipinski definition) is 4. The molecule has 1 aromatic heterocycles. The molecule has 0 aliphatic carbocycles. The molecule has 0 saturated carbocycles. The number of aldehydes is 1. The van der Waals surface area contributed by atoms with Gasteiger partial charge in [0.2, 0.25) is 5.89 Å². The van der Waals surface area contributed by atoms with Gasteiger partial charge in [-0.2, -0.15) is 13.2 Å². The molecule has 29 heavy (non-hydrogen) atoms. The van der Waals surface area contributed by atoms with E-state index in [9.17, 15) is 18.0 Å². The number of benzene rings is 2. The Morgan fingerprint density at radius 3 is 2.55 bits per heavy atom. The van der Waals surface area contributed by atoms with Crippen molar-refractivity contribution in [2.45, 2.75) is 26.6 Å². The molecule has 0 radical (unpaired) electrons. The molecular weight excluding hydrogens is 383 g/mol. The summed E-state index contributed by atoms with van der Waals surface area (Å²) in [5, 5.41) is 0. The van der Waals surface area contributed by atoms with Gasteiger partial charge in [0.1, 0.15) is 30.1 Å². The van der Waals surface area contributed by atoms with E-state index in [-0.39, 0.29) is 12.5 Å². The molecule has 2 aromatic carbocycles. The summed E-state index contributed by atoms with van der Waals surface area (Å²) in [4.78, 5) is 15.0. The van der Waals surface area contributed by atoms with Gasteiger partial charge in [-0.15, -0.1) is 0 Å². The Hall–Kier alpha value is -3.35. The smallest absolute Gasteiger partial charge is 0.416 e. The topological polar surface area (TPSA) is 52.3 Å². The molecule has 0 saturated heterocycles. The van der Waals surface area contributed by atoms with E-state index in [1.807, 2.05) is 25.1 Å². The number of ether oxygens (including phenoxy) is 1. The zero-order chi connectivity index (χ0) is 21.0. The Morgan fingerprint density at radius 1 is 1.17 bits per heavy atom. The molecule has 3 aromatic rings. The van der Waals surface area contributed by atoms with Crippen LogP contribution in [0.1, 0.15) is 29.5 Å². The minimum Gasteiger partial charge on any atom is -0.487 e. The van der Waals surface area contributed by atoms with Crippen molar-refractivity contribution in [3.63, 3.8) is 0 Å². The SMILES string of the molecule is C/C(=C\C=O)c1cccc(OCc2nc(-c3ccc(C(F)(F)F)cc3)oc2C)c1. The molecule has 1 heterocycles. The van der Waals surface area contributed by atoms with Crippen LogP contribution in [-0.4, -0.2) is 11.3 Å². The molecule has 150 valence electrons. The van der Waals surface area contributed by atoms with Gasteiger partial charge >= 0.3 is 6.18 Å². The maximum absolute atomic E-state index is 12.7. The number of carbonyl (C=O) groups is 1. The number of aromatic nitrogens is 1. The number of rotatable bonds is 6. The fraction of sp³-hybridized carbons (Fsp3) is 0.182. The number of carbonyl (C=O) groups excluding carboxylic acids is 1.